The summed E-state index contributed by atoms with van der Waals surface area (Å²) < 4.78 is 71.4. The van der Waals surface area contributed by atoms with Crippen molar-refractivity contribution in [3.63, 3.8) is 0 Å². The van der Waals surface area contributed by atoms with Gasteiger partial charge in [-0.15, -0.1) is 0 Å². The van der Waals surface area contributed by atoms with Gasteiger partial charge in [0.25, 0.3) is 0 Å². The summed E-state index contributed by atoms with van der Waals surface area (Å²) >= 11 is 0. The molecule has 0 aromatic carbocycles. The number of pyridine rings is 2. The average molecular weight is 536 g/mol. The number of aromatic nitrogens is 4. The summed E-state index contributed by atoms with van der Waals surface area (Å²) in [6.07, 6.45) is -0.225. The maximum Gasteiger partial charge on any atom is 0.433 e. The molecule has 12 heteroatoms. The van der Waals surface area contributed by atoms with Crippen LogP contribution in [0.15, 0.2) is 53.8 Å². The Morgan fingerprint density at radius 3 is 2.51 bits per heavy atom. The molecule has 0 N–H and O–H groups in total. The Morgan fingerprint density at radius 1 is 1.08 bits per heavy atom. The van der Waals surface area contributed by atoms with Crippen LogP contribution in [0.5, 0.6) is 5.88 Å². The number of nitrogens with zero attached hydrogens (tertiary/aromatic N) is 5. The third kappa shape index (κ3) is 6.42. The molecule has 1 saturated carbocycles. The molecule has 8 nitrogen and oxygen atoms in total. The molecule has 3 heterocycles. The molecule has 0 bridgehead atoms. The molecule has 1 aliphatic rings. The topological polar surface area (TPSA) is 98.2 Å². The van der Waals surface area contributed by atoms with Crippen molar-refractivity contribution in [2.45, 2.75) is 61.1 Å². The van der Waals surface area contributed by atoms with E-state index in [4.69, 9.17) is 4.74 Å². The Balaban J connectivity index is 1.48. The molecule has 0 aliphatic heterocycles. The fourth-order valence-electron chi connectivity index (χ4n) is 4.66. The standard InChI is InChI=1S/C25H28F3N5O3S/c1-16-22(37(34,35)14-18-11-12-29-15-30-18)9-10-24(31-16)36-21-8-7-17(13-20(21)33(2)3)19-5-4-6-23(32-19)25(26,27)28/h4-6,9-12,15,17,20-21H,7-8,13-14H2,1-3H3/t17-,20-,21-/m0/s1. The van der Waals surface area contributed by atoms with Gasteiger partial charge in [-0.2, -0.15) is 13.2 Å². The van der Waals surface area contributed by atoms with E-state index in [9.17, 15) is 21.6 Å². The SMILES string of the molecule is Cc1nc(O[C@H]2CC[C@H](c3cccc(C(F)(F)F)n3)C[C@@H]2N(C)C)ccc1S(=O)(=O)Cc1ccncn1. The lowest BCUT2D eigenvalue weighted by Crippen LogP contribution is -2.46. The Morgan fingerprint density at radius 2 is 1.86 bits per heavy atom. The van der Waals surface area contributed by atoms with Gasteiger partial charge in [0.2, 0.25) is 5.88 Å². The van der Waals surface area contributed by atoms with Crippen molar-refractivity contribution < 1.29 is 26.3 Å². The minimum atomic E-state index is -4.49. The highest BCUT2D eigenvalue weighted by Gasteiger charge is 2.37. The lowest BCUT2D eigenvalue weighted by atomic mass is 9.81. The summed E-state index contributed by atoms with van der Waals surface area (Å²) in [7, 11) is 0.113. The van der Waals surface area contributed by atoms with Gasteiger partial charge in [-0.05, 0) is 64.5 Å². The maximum atomic E-state index is 13.1. The van der Waals surface area contributed by atoms with Gasteiger partial charge in [-0.1, -0.05) is 6.07 Å². The number of hydrogen-bond donors (Lipinski definition) is 0. The summed E-state index contributed by atoms with van der Waals surface area (Å²) in [6, 6.07) is 8.48. The number of hydrogen-bond acceptors (Lipinski definition) is 8. The molecule has 0 saturated heterocycles. The summed E-state index contributed by atoms with van der Waals surface area (Å²) in [4.78, 5) is 18.1. The Kier molecular flexibility index (Phi) is 7.79. The molecule has 3 aromatic heterocycles. The minimum Gasteiger partial charge on any atom is -0.473 e. The average Bonchev–Trinajstić information content (AvgIpc) is 2.84. The van der Waals surface area contributed by atoms with Gasteiger partial charge in [0.15, 0.2) is 9.84 Å². The molecule has 0 spiro atoms. The van der Waals surface area contributed by atoms with Gasteiger partial charge < -0.3 is 9.64 Å². The second-order valence-corrected chi connectivity index (χ2v) is 11.3. The molecule has 37 heavy (non-hydrogen) atoms. The van der Waals surface area contributed by atoms with Crippen LogP contribution in [-0.4, -0.2) is 59.5 Å². The van der Waals surface area contributed by atoms with Crippen LogP contribution in [0, 0.1) is 6.92 Å². The molecule has 3 aromatic rings. The number of aryl methyl sites for hydroxylation is 1. The summed E-state index contributed by atoms with van der Waals surface area (Å²) in [5, 5.41) is 0. The second kappa shape index (κ2) is 10.7. The fraction of sp³-hybridized carbons (Fsp3) is 0.440. The zero-order valence-corrected chi connectivity index (χ0v) is 21.5. The minimum absolute atomic E-state index is 0.0987. The van der Waals surface area contributed by atoms with Crippen molar-refractivity contribution >= 4 is 9.84 Å². The van der Waals surface area contributed by atoms with Gasteiger partial charge in [0, 0.05) is 29.9 Å². The first-order valence-corrected chi connectivity index (χ1v) is 13.4. The van der Waals surface area contributed by atoms with Crippen LogP contribution in [-0.2, 0) is 21.8 Å². The van der Waals surface area contributed by atoms with E-state index in [1.54, 1.807) is 19.1 Å². The molecular formula is C25H28F3N5O3S. The van der Waals surface area contributed by atoms with Crippen molar-refractivity contribution in [2.24, 2.45) is 0 Å². The van der Waals surface area contributed by atoms with Gasteiger partial charge in [-0.3, -0.25) is 0 Å². The first-order chi connectivity index (χ1) is 17.4. The largest absolute Gasteiger partial charge is 0.473 e. The maximum absolute atomic E-state index is 13.1. The first-order valence-electron chi connectivity index (χ1n) is 11.8. The molecule has 4 rings (SSSR count). The predicted octanol–water partition coefficient (Wildman–Crippen LogP) is 4.21. The van der Waals surface area contributed by atoms with Crippen LogP contribution in [0.1, 0.15) is 48.0 Å². The molecule has 198 valence electrons. The number of sulfone groups is 1. The Bertz CT molecular complexity index is 1340. The number of halogens is 3. The van der Waals surface area contributed by atoms with Crippen molar-refractivity contribution in [1.29, 1.82) is 0 Å². The van der Waals surface area contributed by atoms with Crippen LogP contribution < -0.4 is 4.74 Å². The Hall–Kier alpha value is -3.12. The third-order valence-corrected chi connectivity index (χ3v) is 8.27. The third-order valence-electron chi connectivity index (χ3n) is 6.50. The second-order valence-electron chi connectivity index (χ2n) is 9.34. The van der Waals surface area contributed by atoms with Crippen LogP contribution in [0.25, 0.3) is 0 Å². The van der Waals surface area contributed by atoms with Crippen LogP contribution in [0.3, 0.4) is 0 Å². The summed E-state index contributed by atoms with van der Waals surface area (Å²) in [6.45, 7) is 1.61. The van der Waals surface area contributed by atoms with E-state index in [0.29, 0.717) is 42.2 Å². The molecule has 0 unspecified atom stereocenters. The molecule has 3 atom stereocenters. The van der Waals surface area contributed by atoms with Gasteiger partial charge in [0.1, 0.15) is 18.1 Å². The lowest BCUT2D eigenvalue weighted by Gasteiger charge is -2.39. The highest BCUT2D eigenvalue weighted by atomic mass is 32.2. The molecule has 0 amide bonds. The van der Waals surface area contributed by atoms with Crippen molar-refractivity contribution in [2.75, 3.05) is 14.1 Å². The summed E-state index contributed by atoms with van der Waals surface area (Å²) in [5.41, 5.74) is 0.233. The molecular weight excluding hydrogens is 507 g/mol. The van der Waals surface area contributed by atoms with E-state index in [2.05, 4.69) is 19.9 Å². The van der Waals surface area contributed by atoms with Gasteiger partial charge >= 0.3 is 6.18 Å². The summed E-state index contributed by atoms with van der Waals surface area (Å²) in [5.74, 6) is -0.112. The smallest absolute Gasteiger partial charge is 0.433 e. The highest BCUT2D eigenvalue weighted by molar-refractivity contribution is 7.90. The van der Waals surface area contributed by atoms with E-state index in [1.807, 2.05) is 19.0 Å². The van der Waals surface area contributed by atoms with E-state index in [0.717, 1.165) is 6.07 Å². The first kappa shape index (κ1) is 26.9. The normalized spacial score (nSPS) is 20.7. The zero-order chi connectivity index (χ0) is 26.8. The van der Waals surface area contributed by atoms with Crippen LogP contribution in [0.4, 0.5) is 13.2 Å². The number of alkyl halides is 3. The quantitative estimate of drug-likeness (QED) is 0.444. The van der Waals surface area contributed by atoms with Gasteiger partial charge in [-0.25, -0.2) is 28.4 Å². The highest BCUT2D eigenvalue weighted by Crippen LogP contribution is 2.37. The molecule has 1 aliphatic carbocycles. The Labute approximate surface area is 213 Å². The van der Waals surface area contributed by atoms with Crippen molar-refractivity contribution in [3.05, 3.63) is 71.7 Å². The zero-order valence-electron chi connectivity index (χ0n) is 20.7. The van der Waals surface area contributed by atoms with E-state index < -0.39 is 21.7 Å². The monoisotopic (exact) mass is 535 g/mol. The van der Waals surface area contributed by atoms with Crippen LogP contribution >= 0.6 is 0 Å². The fourth-order valence-corrected chi connectivity index (χ4v) is 6.14. The van der Waals surface area contributed by atoms with E-state index >= 15 is 0 Å². The number of rotatable bonds is 7. The predicted molar refractivity (Wildman–Crippen MR) is 130 cm³/mol. The van der Waals surface area contributed by atoms with Crippen LogP contribution in [0.2, 0.25) is 0 Å². The molecule has 0 radical (unpaired) electrons. The van der Waals surface area contributed by atoms with E-state index in [-0.39, 0.29) is 28.7 Å². The van der Waals surface area contributed by atoms with E-state index in [1.165, 1.54) is 30.7 Å². The van der Waals surface area contributed by atoms with Crippen molar-refractivity contribution in [3.8, 4) is 5.88 Å². The van der Waals surface area contributed by atoms with Crippen molar-refractivity contribution in [1.82, 2.24) is 24.8 Å². The van der Waals surface area contributed by atoms with Gasteiger partial charge in [0.05, 0.1) is 22.0 Å². The number of likely N-dealkylation sites (N-methyl/N-ethyl adjacent to an activating group) is 1. The number of ether oxygens (including phenoxy) is 1. The lowest BCUT2D eigenvalue weighted by molar-refractivity contribution is -0.141. The molecule has 1 fully saturated rings.